The highest BCUT2D eigenvalue weighted by molar-refractivity contribution is 5.23. The van der Waals surface area contributed by atoms with E-state index in [0.717, 1.165) is 17.9 Å². The highest BCUT2D eigenvalue weighted by atomic mass is 16.3. The summed E-state index contributed by atoms with van der Waals surface area (Å²) in [4.78, 5) is 0. The third-order valence-electron chi connectivity index (χ3n) is 4.15. The van der Waals surface area contributed by atoms with Crippen LogP contribution in [-0.2, 0) is 0 Å². The molecule has 2 rings (SSSR count). The van der Waals surface area contributed by atoms with Crippen LogP contribution in [0.25, 0.3) is 0 Å². The fourth-order valence-corrected chi connectivity index (χ4v) is 3.14. The first-order valence-electron chi connectivity index (χ1n) is 7.05. The van der Waals surface area contributed by atoms with Crippen LogP contribution in [0.4, 0.5) is 0 Å². The van der Waals surface area contributed by atoms with Crippen LogP contribution in [0.15, 0.2) is 10.5 Å². The smallest absolute Gasteiger partial charge is 0.105 e. The molecule has 0 bridgehead atoms. The second-order valence-electron chi connectivity index (χ2n) is 5.59. The Kier molecular flexibility index (Phi) is 4.46. The number of furan rings is 1. The first-order valence-corrected chi connectivity index (χ1v) is 7.05. The lowest BCUT2D eigenvalue weighted by Crippen LogP contribution is -2.41. The van der Waals surface area contributed by atoms with Crippen molar-refractivity contribution in [2.45, 2.75) is 58.5 Å². The highest BCUT2D eigenvalue weighted by Crippen LogP contribution is 2.28. The number of hydrogen-bond acceptors (Lipinski definition) is 3. The predicted octanol–water partition coefficient (Wildman–Crippen LogP) is 3.10. The van der Waals surface area contributed by atoms with Crippen molar-refractivity contribution in [2.75, 3.05) is 6.61 Å². The lowest BCUT2D eigenvalue weighted by atomic mass is 9.84. The van der Waals surface area contributed by atoms with Crippen molar-refractivity contribution >= 4 is 0 Å². The van der Waals surface area contributed by atoms with E-state index in [0.29, 0.717) is 24.6 Å². The van der Waals surface area contributed by atoms with Crippen LogP contribution in [0.1, 0.15) is 55.7 Å². The highest BCUT2D eigenvalue weighted by Gasteiger charge is 2.26. The maximum Gasteiger partial charge on any atom is 0.105 e. The summed E-state index contributed by atoms with van der Waals surface area (Å²) in [6.07, 6.45) is 4.83. The van der Waals surface area contributed by atoms with Gasteiger partial charge in [-0.05, 0) is 45.6 Å². The van der Waals surface area contributed by atoms with E-state index < -0.39 is 0 Å². The predicted molar refractivity (Wildman–Crippen MR) is 72.6 cm³/mol. The molecule has 3 atom stereocenters. The maximum absolute atomic E-state index is 9.45. The first kappa shape index (κ1) is 13.6. The molecule has 3 heteroatoms. The molecule has 1 fully saturated rings. The third-order valence-corrected chi connectivity index (χ3v) is 4.15. The number of aliphatic hydroxyl groups excluding tert-OH is 1. The molecule has 2 N–H and O–H groups in total. The van der Waals surface area contributed by atoms with E-state index >= 15 is 0 Å². The maximum atomic E-state index is 9.45. The standard InChI is InChI=1S/C15H25NO2/c1-10-8-14(12(3)18-10)11(2)16-15-7-5-4-6-13(15)9-17/h8,11,13,15-17H,4-7,9H2,1-3H3. The van der Waals surface area contributed by atoms with Gasteiger partial charge < -0.3 is 14.8 Å². The van der Waals surface area contributed by atoms with E-state index in [2.05, 4.69) is 18.3 Å². The van der Waals surface area contributed by atoms with Gasteiger partial charge in [0.15, 0.2) is 0 Å². The van der Waals surface area contributed by atoms with Crippen LogP contribution >= 0.6 is 0 Å². The lowest BCUT2D eigenvalue weighted by molar-refractivity contribution is 0.147. The molecule has 1 aromatic rings. The number of hydrogen-bond donors (Lipinski definition) is 2. The summed E-state index contributed by atoms with van der Waals surface area (Å²) in [7, 11) is 0. The van der Waals surface area contributed by atoms with Gasteiger partial charge in [-0.1, -0.05) is 12.8 Å². The summed E-state index contributed by atoms with van der Waals surface area (Å²) in [5.74, 6) is 2.39. The van der Waals surface area contributed by atoms with E-state index in [1.165, 1.54) is 24.8 Å². The SMILES string of the molecule is Cc1cc(C(C)NC2CCCCC2CO)c(C)o1. The molecule has 1 aliphatic rings. The lowest BCUT2D eigenvalue weighted by Gasteiger charge is -2.33. The van der Waals surface area contributed by atoms with E-state index in [1.807, 2.05) is 13.8 Å². The molecule has 0 aromatic carbocycles. The van der Waals surface area contributed by atoms with Crippen LogP contribution < -0.4 is 5.32 Å². The van der Waals surface area contributed by atoms with Crippen molar-refractivity contribution < 1.29 is 9.52 Å². The molecule has 0 spiro atoms. The quantitative estimate of drug-likeness (QED) is 0.864. The minimum absolute atomic E-state index is 0.291. The Morgan fingerprint density at radius 3 is 2.72 bits per heavy atom. The van der Waals surface area contributed by atoms with Gasteiger partial charge in [0.2, 0.25) is 0 Å². The average Bonchev–Trinajstić information content (AvgIpc) is 2.69. The number of nitrogens with one attached hydrogen (secondary N) is 1. The minimum Gasteiger partial charge on any atom is -0.466 e. The Balaban J connectivity index is 2.01. The van der Waals surface area contributed by atoms with Crippen LogP contribution in [0.3, 0.4) is 0 Å². The van der Waals surface area contributed by atoms with Gasteiger partial charge in [0.05, 0.1) is 0 Å². The zero-order chi connectivity index (χ0) is 13.1. The van der Waals surface area contributed by atoms with Crippen molar-refractivity contribution in [2.24, 2.45) is 5.92 Å². The molecule has 0 saturated heterocycles. The van der Waals surface area contributed by atoms with Gasteiger partial charge in [0.1, 0.15) is 11.5 Å². The molecule has 1 aliphatic carbocycles. The Labute approximate surface area is 110 Å². The van der Waals surface area contributed by atoms with Gasteiger partial charge in [-0.15, -0.1) is 0 Å². The Morgan fingerprint density at radius 2 is 2.11 bits per heavy atom. The zero-order valence-corrected chi connectivity index (χ0v) is 11.7. The second-order valence-corrected chi connectivity index (χ2v) is 5.59. The molecule has 0 amide bonds. The fraction of sp³-hybridized carbons (Fsp3) is 0.733. The summed E-state index contributed by atoms with van der Waals surface area (Å²) in [5, 5.41) is 13.1. The largest absolute Gasteiger partial charge is 0.466 e. The number of aliphatic hydroxyl groups is 1. The van der Waals surface area contributed by atoms with Gasteiger partial charge >= 0.3 is 0 Å². The van der Waals surface area contributed by atoms with Crippen LogP contribution in [0.2, 0.25) is 0 Å². The molecule has 3 unspecified atom stereocenters. The van der Waals surface area contributed by atoms with Crippen molar-refractivity contribution in [1.82, 2.24) is 5.32 Å². The first-order chi connectivity index (χ1) is 8.61. The monoisotopic (exact) mass is 251 g/mol. The van der Waals surface area contributed by atoms with E-state index in [4.69, 9.17) is 4.42 Å². The topological polar surface area (TPSA) is 45.4 Å². The Bertz CT molecular complexity index is 386. The molecule has 1 aromatic heterocycles. The molecular weight excluding hydrogens is 226 g/mol. The van der Waals surface area contributed by atoms with Gasteiger partial charge in [0, 0.05) is 24.3 Å². The van der Waals surface area contributed by atoms with E-state index in [1.54, 1.807) is 0 Å². The Morgan fingerprint density at radius 1 is 1.39 bits per heavy atom. The molecule has 18 heavy (non-hydrogen) atoms. The summed E-state index contributed by atoms with van der Waals surface area (Å²) in [5.41, 5.74) is 1.25. The molecular formula is C15H25NO2. The third kappa shape index (κ3) is 2.96. The summed E-state index contributed by atoms with van der Waals surface area (Å²) in [6.45, 7) is 6.49. The molecule has 1 saturated carbocycles. The summed E-state index contributed by atoms with van der Waals surface area (Å²) in [6, 6.07) is 2.84. The zero-order valence-electron chi connectivity index (χ0n) is 11.7. The Hall–Kier alpha value is -0.800. The summed E-state index contributed by atoms with van der Waals surface area (Å²) < 4.78 is 5.59. The van der Waals surface area contributed by atoms with Gasteiger partial charge in [-0.3, -0.25) is 0 Å². The number of rotatable bonds is 4. The van der Waals surface area contributed by atoms with Crippen molar-refractivity contribution in [3.8, 4) is 0 Å². The van der Waals surface area contributed by atoms with E-state index in [9.17, 15) is 5.11 Å². The van der Waals surface area contributed by atoms with Gasteiger partial charge in [-0.25, -0.2) is 0 Å². The molecule has 3 nitrogen and oxygen atoms in total. The second kappa shape index (κ2) is 5.89. The van der Waals surface area contributed by atoms with E-state index in [-0.39, 0.29) is 0 Å². The van der Waals surface area contributed by atoms with Crippen LogP contribution in [0.5, 0.6) is 0 Å². The molecule has 0 radical (unpaired) electrons. The molecule has 102 valence electrons. The summed E-state index contributed by atoms with van der Waals surface area (Å²) >= 11 is 0. The van der Waals surface area contributed by atoms with Crippen molar-refractivity contribution in [1.29, 1.82) is 0 Å². The minimum atomic E-state index is 0.291. The normalized spacial score (nSPS) is 26.2. The van der Waals surface area contributed by atoms with Crippen LogP contribution in [-0.4, -0.2) is 17.8 Å². The molecule has 1 heterocycles. The fourth-order valence-electron chi connectivity index (χ4n) is 3.14. The number of aryl methyl sites for hydroxylation is 2. The average molecular weight is 251 g/mol. The van der Waals surface area contributed by atoms with Crippen molar-refractivity contribution in [3.63, 3.8) is 0 Å². The van der Waals surface area contributed by atoms with Gasteiger partial charge in [-0.2, -0.15) is 0 Å². The molecule has 0 aliphatic heterocycles. The van der Waals surface area contributed by atoms with Gasteiger partial charge in [0.25, 0.3) is 0 Å². The van der Waals surface area contributed by atoms with Crippen molar-refractivity contribution in [3.05, 3.63) is 23.2 Å². The van der Waals surface area contributed by atoms with Crippen LogP contribution in [0, 0.1) is 19.8 Å².